The van der Waals surface area contributed by atoms with E-state index in [0.29, 0.717) is 18.1 Å². The maximum Gasteiger partial charge on any atom is 0.199 e. The smallest absolute Gasteiger partial charge is 0.199 e. The molecular formula is C16H19N5O. The number of nitrogens with zero attached hydrogens (tertiary/aromatic N) is 5. The molecule has 0 amide bonds. The number of para-hydroxylation sites is 1. The maximum absolute atomic E-state index is 5.66. The zero-order valence-electron chi connectivity index (χ0n) is 13.1. The third-order valence-corrected chi connectivity index (χ3v) is 3.43. The van der Waals surface area contributed by atoms with Gasteiger partial charge in [-0.05, 0) is 25.5 Å². The first-order valence-electron chi connectivity index (χ1n) is 7.53. The summed E-state index contributed by atoms with van der Waals surface area (Å²) < 4.78 is 7.39. The molecule has 3 aromatic rings. The summed E-state index contributed by atoms with van der Waals surface area (Å²) in [7, 11) is 1.87. The molecule has 0 atom stereocenters. The van der Waals surface area contributed by atoms with Crippen molar-refractivity contribution in [1.82, 2.24) is 25.0 Å². The Kier molecular flexibility index (Phi) is 4.00. The molecule has 22 heavy (non-hydrogen) atoms. The highest BCUT2D eigenvalue weighted by Crippen LogP contribution is 2.28. The molecular weight excluding hydrogens is 278 g/mol. The van der Waals surface area contributed by atoms with Crippen molar-refractivity contribution in [3.05, 3.63) is 30.0 Å². The largest absolute Gasteiger partial charge is 0.493 e. The lowest BCUT2D eigenvalue weighted by atomic mass is 10.2. The Morgan fingerprint density at radius 2 is 1.95 bits per heavy atom. The average Bonchev–Trinajstić information content (AvgIpc) is 2.84. The topological polar surface area (TPSA) is 65.7 Å². The van der Waals surface area contributed by atoms with Gasteiger partial charge in [-0.1, -0.05) is 25.5 Å². The average molecular weight is 297 g/mol. The first-order chi connectivity index (χ1) is 10.7. The van der Waals surface area contributed by atoms with E-state index < -0.39 is 0 Å². The molecule has 0 bridgehead atoms. The summed E-state index contributed by atoms with van der Waals surface area (Å²) in [6.07, 6.45) is 1.89. The van der Waals surface area contributed by atoms with Crippen molar-refractivity contribution in [2.45, 2.75) is 26.7 Å². The van der Waals surface area contributed by atoms with E-state index in [1.807, 2.05) is 38.2 Å². The van der Waals surface area contributed by atoms with E-state index >= 15 is 0 Å². The van der Waals surface area contributed by atoms with E-state index in [0.717, 1.165) is 35.4 Å². The van der Waals surface area contributed by atoms with Gasteiger partial charge in [0, 0.05) is 7.05 Å². The summed E-state index contributed by atoms with van der Waals surface area (Å²) in [5, 5.41) is 13.0. The van der Waals surface area contributed by atoms with Crippen molar-refractivity contribution < 1.29 is 4.74 Å². The van der Waals surface area contributed by atoms with E-state index in [2.05, 4.69) is 22.2 Å². The van der Waals surface area contributed by atoms with Crippen molar-refractivity contribution in [3.8, 4) is 17.1 Å². The van der Waals surface area contributed by atoms with Crippen LogP contribution in [0.3, 0.4) is 0 Å². The van der Waals surface area contributed by atoms with Gasteiger partial charge in [0.05, 0.1) is 17.9 Å². The van der Waals surface area contributed by atoms with Crippen LogP contribution in [0.15, 0.2) is 24.3 Å². The zero-order valence-corrected chi connectivity index (χ0v) is 13.1. The lowest BCUT2D eigenvalue weighted by Gasteiger charge is -2.08. The molecule has 114 valence electrons. The fraction of sp³-hybridized carbons (Fsp3) is 0.375. The molecule has 0 aliphatic rings. The minimum atomic E-state index is 0.571. The van der Waals surface area contributed by atoms with Crippen LogP contribution in [0, 0.1) is 0 Å². The third-order valence-electron chi connectivity index (χ3n) is 3.43. The second-order valence-electron chi connectivity index (χ2n) is 5.06. The van der Waals surface area contributed by atoms with Crippen LogP contribution in [-0.2, 0) is 13.5 Å². The number of hydrogen-bond donors (Lipinski definition) is 0. The highest BCUT2D eigenvalue weighted by Gasteiger charge is 2.15. The van der Waals surface area contributed by atoms with Crippen molar-refractivity contribution in [2.75, 3.05) is 6.61 Å². The summed E-state index contributed by atoms with van der Waals surface area (Å²) in [5.74, 6) is 1.34. The first-order valence-corrected chi connectivity index (χ1v) is 7.53. The normalized spacial score (nSPS) is 11.0. The van der Waals surface area contributed by atoms with E-state index in [9.17, 15) is 0 Å². The third kappa shape index (κ3) is 2.52. The highest BCUT2D eigenvalue weighted by atomic mass is 16.5. The number of rotatable bonds is 5. The summed E-state index contributed by atoms with van der Waals surface area (Å²) in [6, 6.07) is 7.75. The van der Waals surface area contributed by atoms with Gasteiger partial charge in [-0.3, -0.25) is 0 Å². The Morgan fingerprint density at radius 3 is 2.73 bits per heavy atom. The Balaban J connectivity index is 2.14. The molecule has 0 saturated heterocycles. The highest BCUT2D eigenvalue weighted by molar-refractivity contribution is 5.76. The SMILES string of the molecule is CCCc1nn(C)c2nnc(-c3ccccc3OCC)nc12. The molecule has 2 heterocycles. The van der Waals surface area contributed by atoms with Gasteiger partial charge in [0.15, 0.2) is 11.5 Å². The van der Waals surface area contributed by atoms with Gasteiger partial charge < -0.3 is 4.74 Å². The van der Waals surface area contributed by atoms with Crippen LogP contribution >= 0.6 is 0 Å². The number of benzene rings is 1. The van der Waals surface area contributed by atoms with Crippen LogP contribution in [0.4, 0.5) is 0 Å². The van der Waals surface area contributed by atoms with E-state index in [4.69, 9.17) is 9.72 Å². The lowest BCUT2D eigenvalue weighted by Crippen LogP contribution is -1.99. The molecule has 0 radical (unpaired) electrons. The van der Waals surface area contributed by atoms with Crippen LogP contribution in [0.1, 0.15) is 26.0 Å². The molecule has 0 unspecified atom stereocenters. The van der Waals surface area contributed by atoms with Gasteiger partial charge in [-0.25, -0.2) is 9.67 Å². The van der Waals surface area contributed by atoms with Crippen LogP contribution in [-0.4, -0.2) is 31.6 Å². The second-order valence-corrected chi connectivity index (χ2v) is 5.06. The molecule has 6 heteroatoms. The van der Waals surface area contributed by atoms with Crippen molar-refractivity contribution in [3.63, 3.8) is 0 Å². The van der Waals surface area contributed by atoms with Gasteiger partial charge in [-0.2, -0.15) is 5.10 Å². The Morgan fingerprint density at radius 1 is 1.14 bits per heavy atom. The van der Waals surface area contributed by atoms with Gasteiger partial charge in [-0.15, -0.1) is 10.2 Å². The fourth-order valence-electron chi connectivity index (χ4n) is 2.46. The van der Waals surface area contributed by atoms with Crippen molar-refractivity contribution >= 4 is 11.2 Å². The van der Waals surface area contributed by atoms with Gasteiger partial charge in [0.1, 0.15) is 11.3 Å². The van der Waals surface area contributed by atoms with Crippen molar-refractivity contribution in [1.29, 1.82) is 0 Å². The summed E-state index contributed by atoms with van der Waals surface area (Å²) in [4.78, 5) is 4.69. The standard InChI is InChI=1S/C16H19N5O/c1-4-8-12-14-16(21(3)20-12)19-18-15(17-14)11-9-6-7-10-13(11)22-5-2/h6-7,9-10H,4-5,8H2,1-3H3. The molecule has 3 rings (SSSR count). The Labute approximate surface area is 129 Å². The number of fused-ring (bicyclic) bond motifs is 1. The number of hydrogen-bond acceptors (Lipinski definition) is 5. The first kappa shape index (κ1) is 14.4. The van der Waals surface area contributed by atoms with Gasteiger partial charge >= 0.3 is 0 Å². The van der Waals surface area contributed by atoms with E-state index in [1.54, 1.807) is 4.68 Å². The molecule has 0 spiro atoms. The van der Waals surface area contributed by atoms with Crippen LogP contribution in [0.5, 0.6) is 5.75 Å². The maximum atomic E-state index is 5.66. The van der Waals surface area contributed by atoms with Crippen molar-refractivity contribution in [2.24, 2.45) is 7.05 Å². The lowest BCUT2D eigenvalue weighted by molar-refractivity contribution is 0.341. The molecule has 0 aliphatic heterocycles. The molecule has 1 aromatic carbocycles. The van der Waals surface area contributed by atoms with Gasteiger partial charge in [0.2, 0.25) is 0 Å². The number of aromatic nitrogens is 5. The number of ether oxygens (including phenoxy) is 1. The molecule has 2 aromatic heterocycles. The molecule has 0 saturated carbocycles. The quantitative estimate of drug-likeness (QED) is 0.724. The van der Waals surface area contributed by atoms with Crippen LogP contribution in [0.2, 0.25) is 0 Å². The Bertz CT molecular complexity index is 796. The molecule has 0 aliphatic carbocycles. The summed E-state index contributed by atoms with van der Waals surface area (Å²) >= 11 is 0. The zero-order chi connectivity index (χ0) is 15.5. The summed E-state index contributed by atoms with van der Waals surface area (Å²) in [6.45, 7) is 4.68. The monoisotopic (exact) mass is 297 g/mol. The van der Waals surface area contributed by atoms with E-state index in [1.165, 1.54) is 0 Å². The number of aryl methyl sites for hydroxylation is 2. The predicted molar refractivity (Wildman–Crippen MR) is 84.7 cm³/mol. The predicted octanol–water partition coefficient (Wildman–Crippen LogP) is 2.78. The Hall–Kier alpha value is -2.50. The second kappa shape index (κ2) is 6.09. The van der Waals surface area contributed by atoms with Gasteiger partial charge in [0.25, 0.3) is 0 Å². The fourth-order valence-corrected chi connectivity index (χ4v) is 2.46. The minimum absolute atomic E-state index is 0.571. The minimum Gasteiger partial charge on any atom is -0.493 e. The van der Waals surface area contributed by atoms with E-state index in [-0.39, 0.29) is 0 Å². The van der Waals surface area contributed by atoms with Crippen LogP contribution in [0.25, 0.3) is 22.6 Å². The molecule has 6 nitrogen and oxygen atoms in total. The molecule has 0 fully saturated rings. The molecule has 0 N–H and O–H groups in total. The van der Waals surface area contributed by atoms with Crippen LogP contribution < -0.4 is 4.74 Å². The summed E-state index contributed by atoms with van der Waals surface area (Å²) in [5.41, 5.74) is 3.34.